The molecule has 1 aromatic carbocycles. The molecule has 0 aliphatic carbocycles. The molecule has 0 saturated heterocycles. The number of aromatic nitrogens is 4. The zero-order valence-corrected chi connectivity index (χ0v) is 9.56. The first-order chi connectivity index (χ1) is 9.41. The Labute approximate surface area is 109 Å². The predicted molar refractivity (Wildman–Crippen MR) is 58.3 cm³/mol. The molecule has 7 nitrogen and oxygen atoms in total. The topological polar surface area (TPSA) is 107 Å². The molecule has 0 aliphatic rings. The first-order valence-electron chi connectivity index (χ1n) is 5.08. The second-order valence-electron chi connectivity index (χ2n) is 3.56. The van der Waals surface area contributed by atoms with E-state index in [1.165, 1.54) is 12.1 Å². The van der Waals surface area contributed by atoms with Crippen LogP contribution in [0, 0.1) is 11.3 Å². The van der Waals surface area contributed by atoms with Crippen LogP contribution in [-0.4, -0.2) is 26.5 Å². The minimum atomic E-state index is -4.70. The quantitative estimate of drug-likeness (QED) is 0.864. The number of aromatic amines is 1. The third-order valence-corrected chi connectivity index (χ3v) is 2.25. The standard InChI is InChI=1S/C10H5F3N6O/c11-10(12,13)7-3-6(2-1-5(7)4-14)15-9(20)8-16-18-19-17-8/h1-3H,(H,15,20)(H,16,17,18,19). The van der Waals surface area contributed by atoms with Crippen LogP contribution in [-0.2, 0) is 6.18 Å². The first-order valence-corrected chi connectivity index (χ1v) is 5.08. The lowest BCUT2D eigenvalue weighted by molar-refractivity contribution is -0.137. The number of halogens is 3. The van der Waals surface area contributed by atoms with Crippen LogP contribution in [0.15, 0.2) is 18.2 Å². The zero-order valence-electron chi connectivity index (χ0n) is 9.56. The molecule has 0 bridgehead atoms. The third kappa shape index (κ3) is 2.72. The number of anilines is 1. The number of H-pyrrole nitrogens is 1. The third-order valence-electron chi connectivity index (χ3n) is 2.25. The summed E-state index contributed by atoms with van der Waals surface area (Å²) in [6.45, 7) is 0. The highest BCUT2D eigenvalue weighted by Gasteiger charge is 2.34. The number of hydrogen-bond donors (Lipinski definition) is 2. The number of nitrogens with one attached hydrogen (secondary N) is 2. The van der Waals surface area contributed by atoms with Gasteiger partial charge in [0.05, 0.1) is 17.2 Å². The lowest BCUT2D eigenvalue weighted by Gasteiger charge is -2.10. The maximum absolute atomic E-state index is 12.7. The smallest absolute Gasteiger partial charge is 0.319 e. The predicted octanol–water partition coefficient (Wildman–Crippen LogP) is 1.34. The summed E-state index contributed by atoms with van der Waals surface area (Å²) < 4.78 is 38.2. The van der Waals surface area contributed by atoms with E-state index in [1.54, 1.807) is 0 Å². The van der Waals surface area contributed by atoms with Gasteiger partial charge in [0, 0.05) is 5.69 Å². The van der Waals surface area contributed by atoms with Crippen LogP contribution in [0.3, 0.4) is 0 Å². The van der Waals surface area contributed by atoms with Gasteiger partial charge in [0.15, 0.2) is 0 Å². The van der Waals surface area contributed by atoms with Crippen molar-refractivity contribution in [2.75, 3.05) is 5.32 Å². The Bertz CT molecular complexity index is 673. The number of amides is 1. The highest BCUT2D eigenvalue weighted by molar-refractivity contribution is 6.01. The number of rotatable bonds is 2. The highest BCUT2D eigenvalue weighted by Crippen LogP contribution is 2.33. The van der Waals surface area contributed by atoms with E-state index in [0.29, 0.717) is 6.07 Å². The van der Waals surface area contributed by atoms with Crippen molar-refractivity contribution in [1.82, 2.24) is 20.6 Å². The van der Waals surface area contributed by atoms with E-state index in [9.17, 15) is 18.0 Å². The lowest BCUT2D eigenvalue weighted by Crippen LogP contribution is -2.15. The van der Waals surface area contributed by atoms with Crippen molar-refractivity contribution in [2.45, 2.75) is 6.18 Å². The van der Waals surface area contributed by atoms with Crippen molar-refractivity contribution in [3.05, 3.63) is 35.2 Å². The number of carbonyl (C=O) groups is 1. The zero-order chi connectivity index (χ0) is 14.8. The molecule has 102 valence electrons. The fraction of sp³-hybridized carbons (Fsp3) is 0.100. The van der Waals surface area contributed by atoms with Crippen LogP contribution < -0.4 is 5.32 Å². The fourth-order valence-electron chi connectivity index (χ4n) is 1.40. The van der Waals surface area contributed by atoms with Gasteiger partial charge in [-0.25, -0.2) is 0 Å². The van der Waals surface area contributed by atoms with Gasteiger partial charge < -0.3 is 5.32 Å². The second-order valence-corrected chi connectivity index (χ2v) is 3.56. The number of tetrazole rings is 1. The molecule has 2 aromatic rings. The van der Waals surface area contributed by atoms with E-state index in [1.807, 2.05) is 0 Å². The molecule has 20 heavy (non-hydrogen) atoms. The van der Waals surface area contributed by atoms with E-state index < -0.39 is 23.2 Å². The molecule has 1 aromatic heterocycles. The maximum Gasteiger partial charge on any atom is 0.417 e. The Hall–Kier alpha value is -2.96. The van der Waals surface area contributed by atoms with Crippen LogP contribution in [0.4, 0.5) is 18.9 Å². The molecule has 0 radical (unpaired) electrons. The minimum Gasteiger partial charge on any atom is -0.319 e. The van der Waals surface area contributed by atoms with Crippen LogP contribution in [0.1, 0.15) is 21.7 Å². The Kier molecular flexibility index (Phi) is 3.34. The van der Waals surface area contributed by atoms with E-state index in [2.05, 4.69) is 25.9 Å². The Morgan fingerprint density at radius 2 is 2.15 bits per heavy atom. The van der Waals surface area contributed by atoms with Crippen molar-refractivity contribution in [3.63, 3.8) is 0 Å². The summed E-state index contributed by atoms with van der Waals surface area (Å²) in [6.07, 6.45) is -4.70. The Balaban J connectivity index is 2.31. The van der Waals surface area contributed by atoms with Gasteiger partial charge in [0.1, 0.15) is 0 Å². The van der Waals surface area contributed by atoms with E-state index in [0.717, 1.165) is 6.07 Å². The number of alkyl halides is 3. The molecular formula is C10H5F3N6O. The van der Waals surface area contributed by atoms with Gasteiger partial charge in [-0.1, -0.05) is 0 Å². The van der Waals surface area contributed by atoms with Crippen LogP contribution >= 0.6 is 0 Å². The summed E-state index contributed by atoms with van der Waals surface area (Å²) in [5.41, 5.74) is -1.80. The highest BCUT2D eigenvalue weighted by atomic mass is 19.4. The number of carbonyl (C=O) groups excluding carboxylic acids is 1. The van der Waals surface area contributed by atoms with Gasteiger partial charge in [0.25, 0.3) is 11.7 Å². The molecule has 0 spiro atoms. The monoisotopic (exact) mass is 282 g/mol. The van der Waals surface area contributed by atoms with Crippen LogP contribution in [0.5, 0.6) is 0 Å². The normalized spacial score (nSPS) is 10.9. The summed E-state index contributed by atoms with van der Waals surface area (Å²) in [6, 6.07) is 4.24. The Morgan fingerprint density at radius 1 is 1.40 bits per heavy atom. The second kappa shape index (κ2) is 4.96. The van der Waals surface area contributed by atoms with E-state index in [-0.39, 0.29) is 11.5 Å². The van der Waals surface area contributed by atoms with E-state index in [4.69, 9.17) is 5.26 Å². The first kappa shape index (κ1) is 13.5. The molecule has 2 rings (SSSR count). The Morgan fingerprint density at radius 3 is 2.70 bits per heavy atom. The van der Waals surface area contributed by atoms with Crippen molar-refractivity contribution in [1.29, 1.82) is 5.26 Å². The van der Waals surface area contributed by atoms with E-state index >= 15 is 0 Å². The number of hydrogen-bond acceptors (Lipinski definition) is 5. The van der Waals surface area contributed by atoms with Gasteiger partial charge in [-0.2, -0.15) is 23.6 Å². The lowest BCUT2D eigenvalue weighted by atomic mass is 10.1. The van der Waals surface area contributed by atoms with Crippen molar-refractivity contribution in [3.8, 4) is 6.07 Å². The van der Waals surface area contributed by atoms with Crippen molar-refractivity contribution >= 4 is 11.6 Å². The summed E-state index contributed by atoms with van der Waals surface area (Å²) in [4.78, 5) is 11.5. The molecule has 0 atom stereocenters. The number of nitriles is 1. The molecule has 2 N–H and O–H groups in total. The fourth-order valence-corrected chi connectivity index (χ4v) is 1.40. The largest absolute Gasteiger partial charge is 0.417 e. The molecule has 1 heterocycles. The SMILES string of the molecule is N#Cc1ccc(NC(=O)c2nn[nH]n2)cc1C(F)(F)F. The molecule has 1 amide bonds. The molecule has 10 heteroatoms. The molecular weight excluding hydrogens is 277 g/mol. The molecule has 0 saturated carbocycles. The number of benzene rings is 1. The molecule has 0 unspecified atom stereocenters. The van der Waals surface area contributed by atoms with Crippen molar-refractivity contribution in [2.24, 2.45) is 0 Å². The van der Waals surface area contributed by atoms with Gasteiger partial charge in [0.2, 0.25) is 0 Å². The molecule has 0 fully saturated rings. The van der Waals surface area contributed by atoms with Crippen molar-refractivity contribution < 1.29 is 18.0 Å². The average Bonchev–Trinajstić information content (AvgIpc) is 2.91. The molecule has 0 aliphatic heterocycles. The van der Waals surface area contributed by atoms with Crippen LogP contribution in [0.25, 0.3) is 0 Å². The summed E-state index contributed by atoms with van der Waals surface area (Å²) in [7, 11) is 0. The maximum atomic E-state index is 12.7. The summed E-state index contributed by atoms with van der Waals surface area (Å²) in [5.74, 6) is -1.14. The average molecular weight is 282 g/mol. The number of nitrogens with zero attached hydrogens (tertiary/aromatic N) is 4. The van der Waals surface area contributed by atoms with Gasteiger partial charge in [-0.05, 0) is 23.4 Å². The van der Waals surface area contributed by atoms with Gasteiger partial charge in [-0.15, -0.1) is 10.2 Å². The van der Waals surface area contributed by atoms with Gasteiger partial charge in [-0.3, -0.25) is 4.79 Å². The van der Waals surface area contributed by atoms with Gasteiger partial charge >= 0.3 is 6.18 Å². The summed E-state index contributed by atoms with van der Waals surface area (Å²) in [5, 5.41) is 22.8. The van der Waals surface area contributed by atoms with Crippen LogP contribution in [0.2, 0.25) is 0 Å². The summed E-state index contributed by atoms with van der Waals surface area (Å²) >= 11 is 0. The minimum absolute atomic E-state index is 0.133.